The van der Waals surface area contributed by atoms with E-state index in [-0.39, 0.29) is 5.69 Å². The van der Waals surface area contributed by atoms with Crippen molar-refractivity contribution >= 4 is 17.3 Å². The SMILES string of the molecule is Nc1ccc(Cl)c(C(F)(F)F)c1O. The van der Waals surface area contributed by atoms with E-state index in [2.05, 4.69) is 0 Å². The quantitative estimate of drug-likeness (QED) is 0.512. The number of anilines is 1. The number of alkyl halides is 3. The van der Waals surface area contributed by atoms with Crippen molar-refractivity contribution in [2.24, 2.45) is 0 Å². The Labute approximate surface area is 76.7 Å². The number of phenolic OH excluding ortho intramolecular Hbond substituents is 1. The monoisotopic (exact) mass is 211 g/mol. The fraction of sp³-hybridized carbons (Fsp3) is 0.143. The zero-order valence-electron chi connectivity index (χ0n) is 6.19. The van der Waals surface area contributed by atoms with E-state index in [1.807, 2.05) is 0 Å². The largest absolute Gasteiger partial charge is 0.505 e. The van der Waals surface area contributed by atoms with Gasteiger partial charge in [0.2, 0.25) is 0 Å². The summed E-state index contributed by atoms with van der Waals surface area (Å²) in [5.41, 5.74) is 3.43. The van der Waals surface area contributed by atoms with Crippen molar-refractivity contribution in [3.8, 4) is 5.75 Å². The number of rotatable bonds is 0. The number of nitrogens with two attached hydrogens (primary N) is 1. The van der Waals surface area contributed by atoms with Gasteiger partial charge in [0, 0.05) is 0 Å². The van der Waals surface area contributed by atoms with E-state index in [1.165, 1.54) is 0 Å². The van der Waals surface area contributed by atoms with Crippen molar-refractivity contribution in [1.82, 2.24) is 0 Å². The third-order valence-electron chi connectivity index (χ3n) is 1.44. The van der Waals surface area contributed by atoms with E-state index in [9.17, 15) is 13.2 Å². The second kappa shape index (κ2) is 2.99. The summed E-state index contributed by atoms with van der Waals surface area (Å²) in [5, 5.41) is 8.41. The van der Waals surface area contributed by atoms with Crippen molar-refractivity contribution in [1.29, 1.82) is 0 Å². The van der Waals surface area contributed by atoms with Gasteiger partial charge in [-0.3, -0.25) is 0 Å². The van der Waals surface area contributed by atoms with E-state index in [4.69, 9.17) is 22.4 Å². The first-order chi connectivity index (χ1) is 5.84. The second-order valence-corrected chi connectivity index (χ2v) is 2.77. The molecule has 0 radical (unpaired) electrons. The minimum absolute atomic E-state index is 0.350. The van der Waals surface area contributed by atoms with Gasteiger partial charge in [-0.2, -0.15) is 13.2 Å². The molecule has 13 heavy (non-hydrogen) atoms. The van der Waals surface area contributed by atoms with Gasteiger partial charge in [-0.25, -0.2) is 0 Å². The Kier molecular flexibility index (Phi) is 2.30. The Morgan fingerprint density at radius 1 is 1.31 bits per heavy atom. The van der Waals surface area contributed by atoms with Gasteiger partial charge in [-0.15, -0.1) is 0 Å². The van der Waals surface area contributed by atoms with Crippen LogP contribution in [0.3, 0.4) is 0 Å². The van der Waals surface area contributed by atoms with Crippen LogP contribution >= 0.6 is 11.6 Å². The van der Waals surface area contributed by atoms with E-state index < -0.39 is 22.5 Å². The summed E-state index contributed by atoms with van der Waals surface area (Å²) in [5.74, 6) is -1.03. The summed E-state index contributed by atoms with van der Waals surface area (Å²) in [4.78, 5) is 0. The van der Waals surface area contributed by atoms with Gasteiger partial charge in [0.05, 0.1) is 10.7 Å². The van der Waals surface area contributed by atoms with E-state index in [0.29, 0.717) is 0 Å². The number of benzene rings is 1. The highest BCUT2D eigenvalue weighted by Gasteiger charge is 2.37. The lowest BCUT2D eigenvalue weighted by atomic mass is 10.1. The fourth-order valence-electron chi connectivity index (χ4n) is 0.852. The molecule has 72 valence electrons. The third-order valence-corrected chi connectivity index (χ3v) is 1.76. The third kappa shape index (κ3) is 1.80. The van der Waals surface area contributed by atoms with Crippen molar-refractivity contribution in [2.45, 2.75) is 6.18 Å². The lowest BCUT2D eigenvalue weighted by Gasteiger charge is -2.11. The lowest BCUT2D eigenvalue weighted by Crippen LogP contribution is -2.07. The summed E-state index contributed by atoms with van der Waals surface area (Å²) in [6, 6.07) is 2.09. The van der Waals surface area contributed by atoms with Crippen molar-refractivity contribution < 1.29 is 18.3 Å². The highest BCUT2D eigenvalue weighted by molar-refractivity contribution is 6.31. The zero-order valence-corrected chi connectivity index (χ0v) is 6.95. The van der Waals surface area contributed by atoms with Crippen LogP contribution in [0.5, 0.6) is 5.75 Å². The molecule has 0 saturated carbocycles. The molecule has 3 N–H and O–H groups in total. The highest BCUT2D eigenvalue weighted by Crippen LogP contribution is 2.42. The van der Waals surface area contributed by atoms with Crippen LogP contribution in [0.1, 0.15) is 5.56 Å². The molecular formula is C7H5ClF3NO. The molecule has 0 aliphatic heterocycles. The number of nitrogen functional groups attached to an aromatic ring is 1. The minimum atomic E-state index is -4.70. The zero-order chi connectivity index (χ0) is 10.2. The first kappa shape index (κ1) is 9.98. The smallest absolute Gasteiger partial charge is 0.421 e. The van der Waals surface area contributed by atoms with Crippen LogP contribution in [0, 0.1) is 0 Å². The maximum atomic E-state index is 12.2. The molecule has 0 saturated heterocycles. The fourth-order valence-corrected chi connectivity index (χ4v) is 1.11. The van der Waals surface area contributed by atoms with Gasteiger partial charge in [-0.1, -0.05) is 11.6 Å². The van der Waals surface area contributed by atoms with Crippen LogP contribution in [-0.2, 0) is 6.18 Å². The Morgan fingerprint density at radius 2 is 1.85 bits per heavy atom. The minimum Gasteiger partial charge on any atom is -0.505 e. The summed E-state index contributed by atoms with van der Waals surface area (Å²) >= 11 is 5.25. The highest BCUT2D eigenvalue weighted by atomic mass is 35.5. The van der Waals surface area contributed by atoms with Gasteiger partial charge >= 0.3 is 6.18 Å². The lowest BCUT2D eigenvalue weighted by molar-refractivity contribution is -0.138. The summed E-state index contributed by atoms with van der Waals surface area (Å²) < 4.78 is 36.6. The van der Waals surface area contributed by atoms with Crippen molar-refractivity contribution in [3.63, 3.8) is 0 Å². The number of halogens is 4. The first-order valence-corrected chi connectivity index (χ1v) is 3.56. The van der Waals surface area contributed by atoms with Crippen LogP contribution < -0.4 is 5.73 Å². The molecule has 2 nitrogen and oxygen atoms in total. The van der Waals surface area contributed by atoms with Crippen LogP contribution in [0.15, 0.2) is 12.1 Å². The molecule has 0 aliphatic rings. The average molecular weight is 212 g/mol. The molecule has 0 aromatic heterocycles. The molecule has 1 rings (SSSR count). The van der Waals surface area contributed by atoms with Crippen LogP contribution in [0.4, 0.5) is 18.9 Å². The first-order valence-electron chi connectivity index (χ1n) is 3.18. The summed E-state index contributed by atoms with van der Waals surface area (Å²) in [6.07, 6.45) is -4.70. The van der Waals surface area contributed by atoms with Gasteiger partial charge in [0.15, 0.2) is 5.75 Å². The Hall–Kier alpha value is -1.10. The topological polar surface area (TPSA) is 46.2 Å². The van der Waals surface area contributed by atoms with Crippen LogP contribution in [0.2, 0.25) is 5.02 Å². The van der Waals surface area contributed by atoms with Gasteiger partial charge in [0.25, 0.3) is 0 Å². The normalized spacial score (nSPS) is 11.7. The standard InChI is InChI=1S/C7H5ClF3NO/c8-3-1-2-4(12)6(13)5(3)7(9,10)11/h1-2,13H,12H2. The van der Waals surface area contributed by atoms with Gasteiger partial charge in [-0.05, 0) is 12.1 Å². The Morgan fingerprint density at radius 3 is 2.23 bits per heavy atom. The summed E-state index contributed by atoms with van der Waals surface area (Å²) in [6.45, 7) is 0. The van der Waals surface area contributed by atoms with Crippen molar-refractivity contribution in [2.75, 3.05) is 5.73 Å². The van der Waals surface area contributed by atoms with Crippen LogP contribution in [0.25, 0.3) is 0 Å². The molecule has 0 atom stereocenters. The number of hydrogen-bond donors (Lipinski definition) is 2. The Bertz CT molecular complexity index is 337. The number of hydrogen-bond acceptors (Lipinski definition) is 2. The molecule has 0 spiro atoms. The molecule has 0 unspecified atom stereocenters. The van der Waals surface area contributed by atoms with Crippen LogP contribution in [-0.4, -0.2) is 5.11 Å². The number of aromatic hydroxyl groups is 1. The predicted molar refractivity (Wildman–Crippen MR) is 42.5 cm³/mol. The summed E-state index contributed by atoms with van der Waals surface area (Å²) in [7, 11) is 0. The van der Waals surface area contributed by atoms with E-state index in [0.717, 1.165) is 12.1 Å². The molecule has 1 aromatic rings. The molecule has 0 fully saturated rings. The van der Waals surface area contributed by atoms with Gasteiger partial charge in [0.1, 0.15) is 5.56 Å². The predicted octanol–water partition coefficient (Wildman–Crippen LogP) is 2.65. The average Bonchev–Trinajstić information content (AvgIpc) is 1.95. The molecule has 6 heteroatoms. The van der Waals surface area contributed by atoms with Gasteiger partial charge < -0.3 is 10.8 Å². The molecule has 0 bridgehead atoms. The maximum absolute atomic E-state index is 12.2. The number of phenols is 1. The van der Waals surface area contributed by atoms with E-state index >= 15 is 0 Å². The molecule has 0 heterocycles. The Balaban J connectivity index is 3.43. The molecular weight excluding hydrogens is 207 g/mol. The van der Waals surface area contributed by atoms with Crippen molar-refractivity contribution in [3.05, 3.63) is 22.7 Å². The molecule has 0 aliphatic carbocycles. The van der Waals surface area contributed by atoms with E-state index in [1.54, 1.807) is 0 Å². The molecule has 0 amide bonds. The molecule has 1 aromatic carbocycles. The maximum Gasteiger partial charge on any atom is 0.421 e. The second-order valence-electron chi connectivity index (χ2n) is 2.36.